The van der Waals surface area contributed by atoms with Crippen molar-refractivity contribution in [1.29, 1.82) is 0 Å². The molecule has 0 aromatic rings. The minimum absolute atomic E-state index is 0.230. The highest BCUT2D eigenvalue weighted by Crippen LogP contribution is 2.24. The quantitative estimate of drug-likeness (QED) is 0.401. The summed E-state index contributed by atoms with van der Waals surface area (Å²) < 4.78 is 4.54. The van der Waals surface area contributed by atoms with E-state index in [-0.39, 0.29) is 6.61 Å². The summed E-state index contributed by atoms with van der Waals surface area (Å²) in [6, 6.07) is 0. The summed E-state index contributed by atoms with van der Waals surface area (Å²) in [5, 5.41) is 8.40. The molecule has 0 aromatic carbocycles. The van der Waals surface area contributed by atoms with Crippen LogP contribution in [0.3, 0.4) is 0 Å². The summed E-state index contributed by atoms with van der Waals surface area (Å²) in [5.41, 5.74) is 0. The Morgan fingerprint density at radius 1 is 1.00 bits per heavy atom. The lowest BCUT2D eigenvalue weighted by molar-refractivity contribution is 0.244. The first kappa shape index (κ1) is 11.3. The predicted molar refractivity (Wildman–Crippen MR) is 42.9 cm³/mol. The first-order valence-electron chi connectivity index (χ1n) is 3.69. The second-order valence-corrected chi connectivity index (χ2v) is 2.99. The molecule has 5 heteroatoms. The van der Waals surface area contributed by atoms with Crippen molar-refractivity contribution in [2.75, 3.05) is 13.2 Å². The lowest BCUT2D eigenvalue weighted by Crippen LogP contribution is -1.90. The molecule has 0 saturated carbocycles. The average molecular weight is 182 g/mol. The highest BCUT2D eigenvalue weighted by molar-refractivity contribution is 7.39. The van der Waals surface area contributed by atoms with Crippen molar-refractivity contribution >= 4 is 8.60 Å². The number of aliphatic hydroxyl groups excluding tert-OH is 1. The molecule has 3 N–H and O–H groups in total. The van der Waals surface area contributed by atoms with E-state index in [1.165, 1.54) is 0 Å². The molecule has 0 saturated heterocycles. The summed E-state index contributed by atoms with van der Waals surface area (Å²) in [7, 11) is -2.17. The van der Waals surface area contributed by atoms with Crippen LogP contribution in [0.4, 0.5) is 0 Å². The first-order chi connectivity index (χ1) is 5.27. The van der Waals surface area contributed by atoms with E-state index in [1.54, 1.807) is 0 Å². The van der Waals surface area contributed by atoms with Gasteiger partial charge in [0.05, 0.1) is 6.61 Å². The van der Waals surface area contributed by atoms with Crippen LogP contribution in [0.5, 0.6) is 0 Å². The second-order valence-electron chi connectivity index (χ2n) is 2.22. The summed E-state index contributed by atoms with van der Waals surface area (Å²) in [6.45, 7) is 0.623. The molecule has 0 aliphatic heterocycles. The van der Waals surface area contributed by atoms with Gasteiger partial charge in [0.25, 0.3) is 0 Å². The van der Waals surface area contributed by atoms with Crippen LogP contribution in [0.25, 0.3) is 0 Å². The van der Waals surface area contributed by atoms with Gasteiger partial charge in [-0.3, -0.25) is 0 Å². The molecule has 0 aliphatic carbocycles. The molecular formula is C6H15O4P. The van der Waals surface area contributed by atoms with Gasteiger partial charge in [0.1, 0.15) is 0 Å². The number of rotatable bonds is 7. The number of aliphatic hydroxyl groups is 1. The lowest BCUT2D eigenvalue weighted by atomic mass is 10.2. The van der Waals surface area contributed by atoms with Crippen LogP contribution in [-0.4, -0.2) is 28.1 Å². The van der Waals surface area contributed by atoms with Gasteiger partial charge in [0.15, 0.2) is 0 Å². The zero-order valence-corrected chi connectivity index (χ0v) is 7.33. The highest BCUT2D eigenvalue weighted by atomic mass is 31.2. The van der Waals surface area contributed by atoms with E-state index in [1.807, 2.05) is 0 Å². The fourth-order valence-electron chi connectivity index (χ4n) is 0.714. The van der Waals surface area contributed by atoms with Gasteiger partial charge >= 0.3 is 8.60 Å². The Kier molecular flexibility index (Phi) is 8.57. The van der Waals surface area contributed by atoms with Crippen LogP contribution in [0.15, 0.2) is 0 Å². The monoisotopic (exact) mass is 182 g/mol. The molecular weight excluding hydrogens is 167 g/mol. The minimum atomic E-state index is -2.17. The van der Waals surface area contributed by atoms with Gasteiger partial charge in [-0.25, -0.2) is 0 Å². The maximum absolute atomic E-state index is 8.40. The Labute approximate surface area is 67.8 Å². The Balaban J connectivity index is 2.80. The first-order valence-corrected chi connectivity index (χ1v) is 4.85. The molecule has 0 fully saturated rings. The predicted octanol–water partition coefficient (Wildman–Crippen LogP) is 0.767. The topological polar surface area (TPSA) is 69.9 Å². The Morgan fingerprint density at radius 3 is 2.18 bits per heavy atom. The fourth-order valence-corrected chi connectivity index (χ4v) is 1.01. The van der Waals surface area contributed by atoms with Crippen LogP contribution in [0.1, 0.15) is 25.7 Å². The Hall–Kier alpha value is 0.270. The fraction of sp³-hybridized carbons (Fsp3) is 1.00. The SMILES string of the molecule is OCCCCCCOP(O)O. The summed E-state index contributed by atoms with van der Waals surface area (Å²) in [6.07, 6.45) is 3.56. The van der Waals surface area contributed by atoms with E-state index < -0.39 is 8.60 Å². The molecule has 68 valence electrons. The molecule has 11 heavy (non-hydrogen) atoms. The molecule has 0 atom stereocenters. The van der Waals surface area contributed by atoms with Gasteiger partial charge in [0.2, 0.25) is 0 Å². The van der Waals surface area contributed by atoms with Crippen molar-refractivity contribution in [1.82, 2.24) is 0 Å². The summed E-state index contributed by atoms with van der Waals surface area (Å²) in [4.78, 5) is 16.6. The van der Waals surface area contributed by atoms with Crippen LogP contribution in [0, 0.1) is 0 Å². The van der Waals surface area contributed by atoms with Gasteiger partial charge in [0, 0.05) is 6.61 Å². The van der Waals surface area contributed by atoms with E-state index in [4.69, 9.17) is 14.9 Å². The van der Waals surface area contributed by atoms with E-state index >= 15 is 0 Å². The average Bonchev–Trinajstić information content (AvgIpc) is 1.96. The zero-order chi connectivity index (χ0) is 8.53. The third-order valence-corrected chi connectivity index (χ3v) is 1.67. The van der Waals surface area contributed by atoms with Crippen molar-refractivity contribution in [3.8, 4) is 0 Å². The summed E-state index contributed by atoms with van der Waals surface area (Å²) >= 11 is 0. The largest absolute Gasteiger partial charge is 0.396 e. The Morgan fingerprint density at radius 2 is 1.64 bits per heavy atom. The van der Waals surface area contributed by atoms with E-state index in [2.05, 4.69) is 4.52 Å². The smallest absolute Gasteiger partial charge is 0.327 e. The molecule has 0 aliphatic rings. The van der Waals surface area contributed by atoms with Crippen molar-refractivity contribution in [2.45, 2.75) is 25.7 Å². The number of hydrogen-bond acceptors (Lipinski definition) is 4. The van der Waals surface area contributed by atoms with Crippen molar-refractivity contribution in [3.05, 3.63) is 0 Å². The van der Waals surface area contributed by atoms with E-state index in [0.29, 0.717) is 6.61 Å². The summed E-state index contributed by atoms with van der Waals surface area (Å²) in [5.74, 6) is 0. The zero-order valence-electron chi connectivity index (χ0n) is 6.44. The van der Waals surface area contributed by atoms with Crippen molar-refractivity contribution in [3.63, 3.8) is 0 Å². The number of unbranched alkanes of at least 4 members (excludes halogenated alkanes) is 3. The Bertz CT molecular complexity index is 79.0. The van der Waals surface area contributed by atoms with Crippen LogP contribution in [0.2, 0.25) is 0 Å². The van der Waals surface area contributed by atoms with E-state index in [9.17, 15) is 0 Å². The third kappa shape index (κ3) is 10.3. The normalized spacial score (nSPS) is 10.9. The number of hydrogen-bond donors (Lipinski definition) is 3. The molecule has 0 radical (unpaired) electrons. The van der Waals surface area contributed by atoms with Crippen LogP contribution < -0.4 is 0 Å². The van der Waals surface area contributed by atoms with Gasteiger partial charge in [-0.2, -0.15) is 0 Å². The molecule has 0 aromatic heterocycles. The maximum atomic E-state index is 8.40. The molecule has 0 bridgehead atoms. The van der Waals surface area contributed by atoms with Crippen LogP contribution >= 0.6 is 8.60 Å². The maximum Gasteiger partial charge on any atom is 0.327 e. The molecule has 0 rings (SSSR count). The van der Waals surface area contributed by atoms with Gasteiger partial charge in [-0.15, -0.1) is 0 Å². The van der Waals surface area contributed by atoms with Crippen molar-refractivity contribution < 1.29 is 19.4 Å². The van der Waals surface area contributed by atoms with Gasteiger partial charge in [-0.05, 0) is 12.8 Å². The lowest BCUT2D eigenvalue weighted by Gasteiger charge is -2.02. The molecule has 0 amide bonds. The second kappa shape index (κ2) is 8.37. The van der Waals surface area contributed by atoms with Gasteiger partial charge < -0.3 is 19.4 Å². The van der Waals surface area contributed by atoms with Crippen molar-refractivity contribution in [2.24, 2.45) is 0 Å². The van der Waals surface area contributed by atoms with Gasteiger partial charge in [-0.1, -0.05) is 12.8 Å². The molecule has 0 heterocycles. The van der Waals surface area contributed by atoms with Crippen LogP contribution in [-0.2, 0) is 4.52 Å². The standard InChI is InChI=1S/C6H15O4P/c7-5-3-1-2-4-6-10-11(8)9/h7-9H,1-6H2. The minimum Gasteiger partial charge on any atom is -0.396 e. The molecule has 4 nitrogen and oxygen atoms in total. The third-order valence-electron chi connectivity index (χ3n) is 1.26. The molecule has 0 unspecified atom stereocenters. The highest BCUT2D eigenvalue weighted by Gasteiger charge is 1.97. The van der Waals surface area contributed by atoms with E-state index in [0.717, 1.165) is 25.7 Å². The molecule has 0 spiro atoms.